The molecule has 1 saturated carbocycles. The molecule has 4 nitrogen and oxygen atoms in total. The summed E-state index contributed by atoms with van der Waals surface area (Å²) in [4.78, 5) is 16.8. The lowest BCUT2D eigenvalue weighted by Crippen LogP contribution is -2.47. The van der Waals surface area contributed by atoms with Crippen LogP contribution in [-0.4, -0.2) is 56.0 Å². The quantitative estimate of drug-likeness (QED) is 0.916. The Bertz CT molecular complexity index is 513. The molecule has 1 atom stereocenters. The minimum absolute atomic E-state index is 0.00912. The summed E-state index contributed by atoms with van der Waals surface area (Å²) in [7, 11) is 3.87. The second-order valence-corrected chi connectivity index (χ2v) is 6.40. The van der Waals surface area contributed by atoms with E-state index in [9.17, 15) is 4.79 Å². The van der Waals surface area contributed by atoms with Crippen LogP contribution in [0.15, 0.2) is 24.3 Å². The molecule has 1 aromatic carbocycles. The molecule has 1 heterocycles. The number of piperazine rings is 1. The third-order valence-corrected chi connectivity index (χ3v) is 4.71. The van der Waals surface area contributed by atoms with Gasteiger partial charge < -0.3 is 5.32 Å². The van der Waals surface area contributed by atoms with Gasteiger partial charge in [0.25, 0.3) is 5.91 Å². The van der Waals surface area contributed by atoms with E-state index in [4.69, 9.17) is 0 Å². The zero-order chi connectivity index (χ0) is 14.8. The lowest BCUT2D eigenvalue weighted by atomic mass is 10.00. The topological polar surface area (TPSA) is 35.6 Å². The molecule has 1 amide bonds. The number of nitrogens with one attached hydrogen (secondary N) is 1. The van der Waals surface area contributed by atoms with Gasteiger partial charge in [-0.3, -0.25) is 14.6 Å². The van der Waals surface area contributed by atoms with Gasteiger partial charge in [0.2, 0.25) is 0 Å². The highest BCUT2D eigenvalue weighted by Gasteiger charge is 2.30. The van der Waals surface area contributed by atoms with E-state index in [1.165, 1.54) is 31.5 Å². The average molecular weight is 287 g/mol. The highest BCUT2D eigenvalue weighted by atomic mass is 16.1. The summed E-state index contributed by atoms with van der Waals surface area (Å²) >= 11 is 0. The van der Waals surface area contributed by atoms with Crippen molar-refractivity contribution in [2.45, 2.75) is 18.9 Å². The predicted octanol–water partition coefficient (Wildman–Crippen LogP) is 1.74. The maximum atomic E-state index is 11.8. The average Bonchev–Trinajstić information content (AvgIpc) is 3.32. The first-order valence-electron chi connectivity index (χ1n) is 7.92. The largest absolute Gasteiger partial charge is 0.355 e. The highest BCUT2D eigenvalue weighted by molar-refractivity contribution is 5.94. The molecule has 1 aliphatic carbocycles. The highest BCUT2D eigenvalue weighted by Crippen LogP contribution is 2.32. The van der Waals surface area contributed by atoms with Gasteiger partial charge in [-0.2, -0.15) is 0 Å². The summed E-state index contributed by atoms with van der Waals surface area (Å²) < 4.78 is 0. The Morgan fingerprint density at radius 3 is 2.86 bits per heavy atom. The third kappa shape index (κ3) is 3.44. The fraction of sp³-hybridized carbons (Fsp3) is 0.588. The number of nitrogens with zero attached hydrogens (tertiary/aromatic N) is 2. The molecule has 3 rings (SSSR count). The summed E-state index contributed by atoms with van der Waals surface area (Å²) in [5, 5.41) is 2.70. The van der Waals surface area contributed by atoms with Crippen molar-refractivity contribution in [3.05, 3.63) is 35.4 Å². The molecule has 2 fully saturated rings. The van der Waals surface area contributed by atoms with Crippen LogP contribution in [0.1, 0.15) is 34.8 Å². The van der Waals surface area contributed by atoms with Crippen LogP contribution < -0.4 is 5.32 Å². The summed E-state index contributed by atoms with van der Waals surface area (Å²) in [6, 6.07) is 8.46. The van der Waals surface area contributed by atoms with Gasteiger partial charge in [0, 0.05) is 44.8 Å². The van der Waals surface area contributed by atoms with E-state index in [2.05, 4.69) is 28.2 Å². The number of likely N-dealkylation sites (N-methyl/N-ethyl adjacent to an activating group) is 1. The minimum Gasteiger partial charge on any atom is -0.355 e. The molecule has 2 aliphatic rings. The van der Waals surface area contributed by atoms with Gasteiger partial charge in [0.05, 0.1) is 0 Å². The number of carbonyl (C=O) groups excluding carboxylic acids is 1. The van der Waals surface area contributed by atoms with Crippen LogP contribution in [0, 0.1) is 5.92 Å². The number of hydrogen-bond donors (Lipinski definition) is 1. The summed E-state index contributed by atoms with van der Waals surface area (Å²) in [6.45, 7) is 4.59. The van der Waals surface area contributed by atoms with Crippen LogP contribution in [0.25, 0.3) is 0 Å². The van der Waals surface area contributed by atoms with Crippen LogP contribution >= 0.6 is 0 Å². The van der Waals surface area contributed by atoms with Crippen molar-refractivity contribution in [1.29, 1.82) is 0 Å². The molecule has 114 valence electrons. The van der Waals surface area contributed by atoms with Crippen LogP contribution in [0.2, 0.25) is 0 Å². The number of amides is 1. The van der Waals surface area contributed by atoms with E-state index >= 15 is 0 Å². The monoisotopic (exact) mass is 287 g/mol. The molecular weight excluding hydrogens is 262 g/mol. The molecule has 1 aromatic rings. The van der Waals surface area contributed by atoms with E-state index in [1.54, 1.807) is 7.05 Å². The van der Waals surface area contributed by atoms with E-state index in [-0.39, 0.29) is 5.91 Å². The van der Waals surface area contributed by atoms with Gasteiger partial charge in [-0.1, -0.05) is 12.1 Å². The number of hydrogen-bond acceptors (Lipinski definition) is 3. The Hall–Kier alpha value is -1.39. The second kappa shape index (κ2) is 6.16. The Morgan fingerprint density at radius 2 is 2.14 bits per heavy atom. The number of benzene rings is 1. The van der Waals surface area contributed by atoms with E-state index in [0.29, 0.717) is 6.04 Å². The Balaban J connectivity index is 1.74. The predicted molar refractivity (Wildman–Crippen MR) is 84.4 cm³/mol. The van der Waals surface area contributed by atoms with Gasteiger partial charge >= 0.3 is 0 Å². The maximum absolute atomic E-state index is 11.8. The van der Waals surface area contributed by atoms with E-state index in [1.807, 2.05) is 18.2 Å². The summed E-state index contributed by atoms with van der Waals surface area (Å²) in [5.74, 6) is 0.927. The number of carbonyl (C=O) groups is 1. The van der Waals surface area contributed by atoms with Crippen molar-refractivity contribution in [3.63, 3.8) is 0 Å². The van der Waals surface area contributed by atoms with E-state index < -0.39 is 0 Å². The zero-order valence-electron chi connectivity index (χ0n) is 13.0. The van der Waals surface area contributed by atoms with Crippen LogP contribution in [-0.2, 0) is 0 Å². The molecule has 1 saturated heterocycles. The van der Waals surface area contributed by atoms with Crippen LogP contribution in [0.5, 0.6) is 0 Å². The standard InChI is InChI=1S/C17H25N3O/c1-18-17(21)15-5-3-4-14(10-15)16-12-20(9-8-19(16)2)11-13-6-7-13/h3-5,10,13,16H,6-9,11-12H2,1-2H3,(H,18,21)/t16-/m0/s1. The lowest BCUT2D eigenvalue weighted by Gasteiger charge is -2.40. The molecule has 4 heteroatoms. The van der Waals surface area contributed by atoms with Gasteiger partial charge in [-0.15, -0.1) is 0 Å². The van der Waals surface area contributed by atoms with Crippen molar-refractivity contribution >= 4 is 5.91 Å². The van der Waals surface area contributed by atoms with Crippen molar-refractivity contribution in [2.24, 2.45) is 5.92 Å². The lowest BCUT2D eigenvalue weighted by molar-refractivity contribution is 0.0917. The fourth-order valence-electron chi connectivity index (χ4n) is 3.15. The second-order valence-electron chi connectivity index (χ2n) is 6.40. The van der Waals surface area contributed by atoms with Gasteiger partial charge in [0.1, 0.15) is 0 Å². The Labute approximate surface area is 127 Å². The third-order valence-electron chi connectivity index (χ3n) is 4.71. The zero-order valence-corrected chi connectivity index (χ0v) is 13.0. The fourth-order valence-corrected chi connectivity index (χ4v) is 3.15. The molecule has 1 N–H and O–H groups in total. The van der Waals surface area contributed by atoms with Crippen molar-refractivity contribution in [3.8, 4) is 0 Å². The van der Waals surface area contributed by atoms with Gasteiger partial charge in [-0.05, 0) is 43.5 Å². The summed E-state index contributed by atoms with van der Waals surface area (Å²) in [5.41, 5.74) is 2.00. The maximum Gasteiger partial charge on any atom is 0.251 e. The molecular formula is C17H25N3O. The molecule has 0 spiro atoms. The molecule has 0 unspecified atom stereocenters. The summed E-state index contributed by atoms with van der Waals surface area (Å²) in [6.07, 6.45) is 2.81. The Morgan fingerprint density at radius 1 is 1.33 bits per heavy atom. The molecule has 0 radical (unpaired) electrons. The molecule has 0 bridgehead atoms. The first kappa shape index (κ1) is 14.5. The van der Waals surface area contributed by atoms with Gasteiger partial charge in [0.15, 0.2) is 0 Å². The van der Waals surface area contributed by atoms with Crippen LogP contribution in [0.4, 0.5) is 0 Å². The molecule has 0 aromatic heterocycles. The van der Waals surface area contributed by atoms with Crippen molar-refractivity contribution in [1.82, 2.24) is 15.1 Å². The first-order valence-corrected chi connectivity index (χ1v) is 7.92. The molecule has 21 heavy (non-hydrogen) atoms. The molecule has 1 aliphatic heterocycles. The number of rotatable bonds is 4. The van der Waals surface area contributed by atoms with Crippen molar-refractivity contribution < 1.29 is 4.79 Å². The SMILES string of the molecule is CNC(=O)c1cccc([C@@H]2CN(CC3CC3)CCN2C)c1. The Kier molecular flexibility index (Phi) is 4.27. The first-order chi connectivity index (χ1) is 10.2. The normalized spacial score (nSPS) is 24.0. The van der Waals surface area contributed by atoms with Crippen LogP contribution in [0.3, 0.4) is 0 Å². The van der Waals surface area contributed by atoms with E-state index in [0.717, 1.165) is 24.6 Å². The van der Waals surface area contributed by atoms with Crippen molar-refractivity contribution in [2.75, 3.05) is 40.3 Å². The smallest absolute Gasteiger partial charge is 0.251 e. The minimum atomic E-state index is -0.00912. The van der Waals surface area contributed by atoms with Gasteiger partial charge in [-0.25, -0.2) is 0 Å².